The molecule has 1 heterocycles. The van der Waals surface area contributed by atoms with Crippen LogP contribution < -0.4 is 10.0 Å². The molecule has 1 unspecified atom stereocenters. The van der Waals surface area contributed by atoms with Gasteiger partial charge in [0.2, 0.25) is 10.0 Å². The van der Waals surface area contributed by atoms with Crippen molar-refractivity contribution in [2.75, 3.05) is 18.6 Å². The second-order valence-corrected chi connectivity index (χ2v) is 8.99. The molecule has 20 heavy (non-hydrogen) atoms. The van der Waals surface area contributed by atoms with E-state index in [-0.39, 0.29) is 0 Å². The van der Waals surface area contributed by atoms with Gasteiger partial charge in [-0.1, -0.05) is 6.92 Å². The molecule has 0 amide bonds. The van der Waals surface area contributed by atoms with Gasteiger partial charge in [-0.15, -0.1) is 11.3 Å². The van der Waals surface area contributed by atoms with Crippen LogP contribution in [0.1, 0.15) is 24.6 Å². The Morgan fingerprint density at radius 1 is 1.50 bits per heavy atom. The second-order valence-electron chi connectivity index (χ2n) is 5.32. The molecule has 1 saturated carbocycles. The van der Waals surface area contributed by atoms with Gasteiger partial charge in [-0.05, 0) is 36.8 Å². The molecule has 1 aromatic heterocycles. The average molecular weight is 335 g/mol. The van der Waals surface area contributed by atoms with Crippen LogP contribution in [0, 0.1) is 5.92 Å². The topological polar surface area (TPSA) is 58.2 Å². The Balaban J connectivity index is 1.87. The zero-order chi connectivity index (χ0) is 14.6. The van der Waals surface area contributed by atoms with Gasteiger partial charge in [-0.25, -0.2) is 13.1 Å². The summed E-state index contributed by atoms with van der Waals surface area (Å²) in [7, 11) is -3.35. The van der Waals surface area contributed by atoms with Crippen molar-refractivity contribution in [2.24, 2.45) is 5.92 Å². The van der Waals surface area contributed by atoms with Crippen LogP contribution in [0.2, 0.25) is 0 Å². The summed E-state index contributed by atoms with van der Waals surface area (Å²) in [6.45, 7) is 3.32. The number of thiophene rings is 1. The van der Waals surface area contributed by atoms with Crippen molar-refractivity contribution in [1.82, 2.24) is 10.0 Å². The van der Waals surface area contributed by atoms with Gasteiger partial charge >= 0.3 is 0 Å². The summed E-state index contributed by atoms with van der Waals surface area (Å²) in [4.78, 5) is 1.47. The third-order valence-electron chi connectivity index (χ3n) is 3.16. The van der Waals surface area contributed by atoms with Crippen molar-refractivity contribution in [2.45, 2.75) is 37.2 Å². The highest BCUT2D eigenvalue weighted by Crippen LogP contribution is 2.23. The van der Waals surface area contributed by atoms with Crippen LogP contribution in [-0.4, -0.2) is 33.0 Å². The van der Waals surface area contributed by atoms with Crippen molar-refractivity contribution in [3.63, 3.8) is 0 Å². The second kappa shape index (κ2) is 7.26. The predicted molar refractivity (Wildman–Crippen MR) is 86.9 cm³/mol. The maximum atomic E-state index is 12.2. The molecule has 4 nitrogen and oxygen atoms in total. The third kappa shape index (κ3) is 5.04. The summed E-state index contributed by atoms with van der Waals surface area (Å²) in [5.74, 6) is 1.30. The highest BCUT2D eigenvalue weighted by molar-refractivity contribution is 7.98. The molecule has 0 aliphatic heterocycles. The fourth-order valence-corrected chi connectivity index (χ4v) is 4.88. The number of thioether (sulfide) groups is 1. The van der Waals surface area contributed by atoms with Gasteiger partial charge in [0.15, 0.2) is 0 Å². The smallest absolute Gasteiger partial charge is 0.241 e. The molecular weight excluding hydrogens is 312 g/mol. The first-order chi connectivity index (χ1) is 9.51. The van der Waals surface area contributed by atoms with E-state index in [4.69, 9.17) is 0 Å². The molecule has 1 aliphatic rings. The first-order valence-corrected chi connectivity index (χ1v) is 10.6. The van der Waals surface area contributed by atoms with Crippen molar-refractivity contribution in [3.8, 4) is 0 Å². The summed E-state index contributed by atoms with van der Waals surface area (Å²) in [6.07, 6.45) is 4.51. The fourth-order valence-electron chi connectivity index (χ4n) is 1.81. The Morgan fingerprint density at radius 2 is 2.25 bits per heavy atom. The van der Waals surface area contributed by atoms with Crippen LogP contribution in [0.5, 0.6) is 0 Å². The summed E-state index contributed by atoms with van der Waals surface area (Å²) < 4.78 is 27.0. The van der Waals surface area contributed by atoms with Gasteiger partial charge < -0.3 is 5.32 Å². The van der Waals surface area contributed by atoms with Crippen LogP contribution in [0.4, 0.5) is 0 Å². The van der Waals surface area contributed by atoms with Gasteiger partial charge in [-0.2, -0.15) is 11.8 Å². The Labute approximate surface area is 129 Å². The monoisotopic (exact) mass is 334 g/mol. The van der Waals surface area contributed by atoms with E-state index >= 15 is 0 Å². The Hall–Kier alpha value is -0.0800. The number of hydrogen-bond acceptors (Lipinski definition) is 5. The molecule has 2 rings (SSSR count). The summed E-state index contributed by atoms with van der Waals surface area (Å²) >= 11 is 3.24. The van der Waals surface area contributed by atoms with Gasteiger partial charge in [0, 0.05) is 29.4 Å². The van der Waals surface area contributed by atoms with Crippen LogP contribution in [-0.2, 0) is 16.6 Å². The molecule has 0 saturated heterocycles. The molecule has 0 spiro atoms. The van der Waals surface area contributed by atoms with E-state index in [9.17, 15) is 8.42 Å². The molecule has 0 aromatic carbocycles. The zero-order valence-electron chi connectivity index (χ0n) is 11.9. The van der Waals surface area contributed by atoms with Crippen molar-refractivity contribution < 1.29 is 8.42 Å². The van der Waals surface area contributed by atoms with Gasteiger partial charge in [0.25, 0.3) is 0 Å². The summed E-state index contributed by atoms with van der Waals surface area (Å²) in [5, 5.41) is 5.12. The van der Waals surface area contributed by atoms with E-state index in [0.29, 0.717) is 23.4 Å². The average Bonchev–Trinajstić information content (AvgIpc) is 3.11. The van der Waals surface area contributed by atoms with Crippen LogP contribution >= 0.6 is 23.1 Å². The first kappa shape index (κ1) is 16.3. The summed E-state index contributed by atoms with van der Waals surface area (Å²) in [6, 6.07) is 2.42. The SMILES string of the molecule is CSCC(C)CNS(=O)(=O)c1csc(CNC2CC2)c1. The zero-order valence-corrected chi connectivity index (χ0v) is 14.3. The minimum absolute atomic E-state index is 0.342. The first-order valence-electron chi connectivity index (χ1n) is 6.80. The molecule has 0 bridgehead atoms. The summed E-state index contributed by atoms with van der Waals surface area (Å²) in [5.41, 5.74) is 0. The van der Waals surface area contributed by atoms with E-state index < -0.39 is 10.0 Å². The lowest BCUT2D eigenvalue weighted by Gasteiger charge is -2.10. The Bertz CT molecular complexity index is 523. The molecule has 1 atom stereocenters. The molecule has 0 radical (unpaired) electrons. The minimum Gasteiger partial charge on any atom is -0.309 e. The van der Waals surface area contributed by atoms with Crippen molar-refractivity contribution >= 4 is 33.1 Å². The van der Waals surface area contributed by atoms with Gasteiger partial charge in [0.05, 0.1) is 4.90 Å². The number of nitrogens with one attached hydrogen (secondary N) is 2. The van der Waals surface area contributed by atoms with Gasteiger partial charge in [-0.3, -0.25) is 0 Å². The highest BCUT2D eigenvalue weighted by Gasteiger charge is 2.21. The third-order valence-corrected chi connectivity index (χ3v) is 6.55. The van der Waals surface area contributed by atoms with E-state index in [1.807, 2.05) is 6.26 Å². The quantitative estimate of drug-likeness (QED) is 0.727. The van der Waals surface area contributed by atoms with Crippen molar-refractivity contribution in [1.29, 1.82) is 0 Å². The highest BCUT2D eigenvalue weighted by atomic mass is 32.2. The lowest BCUT2D eigenvalue weighted by molar-refractivity contribution is 0.563. The van der Waals surface area contributed by atoms with E-state index in [0.717, 1.165) is 17.2 Å². The van der Waals surface area contributed by atoms with Gasteiger partial charge in [0.1, 0.15) is 0 Å². The number of hydrogen-bond donors (Lipinski definition) is 2. The molecule has 2 N–H and O–H groups in total. The van der Waals surface area contributed by atoms with E-state index in [1.165, 1.54) is 24.2 Å². The van der Waals surface area contributed by atoms with Crippen LogP contribution in [0.25, 0.3) is 0 Å². The Kier molecular flexibility index (Phi) is 5.92. The van der Waals surface area contributed by atoms with E-state index in [1.54, 1.807) is 23.2 Å². The normalized spacial score (nSPS) is 17.3. The lowest BCUT2D eigenvalue weighted by Crippen LogP contribution is -2.29. The van der Waals surface area contributed by atoms with Crippen molar-refractivity contribution in [3.05, 3.63) is 16.3 Å². The molecule has 114 valence electrons. The molecule has 7 heteroatoms. The fraction of sp³-hybridized carbons (Fsp3) is 0.692. The largest absolute Gasteiger partial charge is 0.309 e. The molecule has 1 aromatic rings. The molecule has 1 aliphatic carbocycles. The lowest BCUT2D eigenvalue weighted by atomic mass is 10.2. The number of sulfonamides is 1. The predicted octanol–water partition coefficient (Wildman–Crippen LogP) is 2.28. The molecule has 1 fully saturated rings. The maximum absolute atomic E-state index is 12.2. The van der Waals surface area contributed by atoms with Crippen LogP contribution in [0.3, 0.4) is 0 Å². The number of rotatable bonds is 9. The van der Waals surface area contributed by atoms with Crippen LogP contribution in [0.15, 0.2) is 16.3 Å². The maximum Gasteiger partial charge on any atom is 0.241 e. The standard InChI is InChI=1S/C13H22N2O2S3/c1-10(8-18-2)6-15-20(16,17)13-5-12(19-9-13)7-14-11-3-4-11/h5,9-11,14-15H,3-4,6-8H2,1-2H3. The Morgan fingerprint density at radius 3 is 2.90 bits per heavy atom. The molecular formula is C13H22N2O2S3. The minimum atomic E-state index is -3.35. The van der Waals surface area contributed by atoms with E-state index in [2.05, 4.69) is 17.0 Å².